The molecule has 0 spiro atoms. The summed E-state index contributed by atoms with van der Waals surface area (Å²) in [5, 5.41) is 23.1. The Labute approximate surface area is 147 Å². The molecule has 0 radical (unpaired) electrons. The molecule has 1 aromatic rings. The lowest BCUT2D eigenvalue weighted by molar-refractivity contribution is -0.145. The summed E-state index contributed by atoms with van der Waals surface area (Å²) in [6.45, 7) is 8.27. The van der Waals surface area contributed by atoms with Crippen molar-refractivity contribution in [3.63, 3.8) is 0 Å². The van der Waals surface area contributed by atoms with E-state index in [2.05, 4.69) is 15.6 Å². The Bertz CT molecular complexity index is 495. The fourth-order valence-electron chi connectivity index (χ4n) is 1.22. The van der Waals surface area contributed by atoms with E-state index in [0.717, 1.165) is 0 Å². The molecule has 8 heteroatoms. The Morgan fingerprint density at radius 2 is 1.78 bits per heavy atom. The first-order valence-electron chi connectivity index (χ1n) is 7.26. The number of nitrogens with one attached hydrogen (secondary N) is 2. The summed E-state index contributed by atoms with van der Waals surface area (Å²) in [5.41, 5.74) is 0.717. The summed E-state index contributed by atoms with van der Waals surface area (Å²) in [6.07, 6.45) is -2.10. The molecule has 132 valence electrons. The fourth-order valence-corrected chi connectivity index (χ4v) is 1.61. The highest BCUT2D eigenvalue weighted by atomic mass is 35.5. The first-order chi connectivity index (χ1) is 11.0. The Morgan fingerprint density at radius 1 is 1.22 bits per heavy atom. The lowest BCUT2D eigenvalue weighted by Crippen LogP contribution is -2.45. The molecule has 4 N–H and O–H groups in total. The number of amides is 1. The highest BCUT2D eigenvalue weighted by Gasteiger charge is 2.13. The molecule has 0 unspecified atom stereocenters. The molecule has 0 bridgehead atoms. The fraction of sp³-hybridized carbons (Fsp3) is 0.467. The molecule has 0 aromatic heterocycles. The number of carbonyl (C=O) groups is 1. The molecule has 0 saturated carbocycles. The van der Waals surface area contributed by atoms with Crippen LogP contribution in [-0.4, -0.2) is 35.4 Å². The zero-order valence-electron chi connectivity index (χ0n) is 14.0. The van der Waals surface area contributed by atoms with Crippen LogP contribution in [0.2, 0.25) is 10.0 Å². The number of rotatable bonds is 3. The molecule has 23 heavy (non-hydrogen) atoms. The average molecular weight is 366 g/mol. The van der Waals surface area contributed by atoms with Crippen LogP contribution >= 0.6 is 23.2 Å². The zero-order chi connectivity index (χ0) is 18.4. The van der Waals surface area contributed by atoms with Crippen LogP contribution in [0.15, 0.2) is 23.2 Å². The van der Waals surface area contributed by atoms with E-state index in [1.165, 1.54) is 7.05 Å². The van der Waals surface area contributed by atoms with Gasteiger partial charge in [0.05, 0.1) is 10.0 Å². The topological polar surface area (TPSA) is 94.0 Å². The van der Waals surface area contributed by atoms with Crippen molar-refractivity contribution in [2.24, 2.45) is 4.99 Å². The predicted octanol–water partition coefficient (Wildman–Crippen LogP) is 2.55. The number of aliphatic hydroxyl groups is 2. The predicted molar refractivity (Wildman–Crippen MR) is 95.7 cm³/mol. The van der Waals surface area contributed by atoms with E-state index in [9.17, 15) is 4.79 Å². The number of nitrogens with zero attached hydrogens (tertiary/aromatic N) is 1. The number of hydrogen-bond donors (Lipinski definition) is 4. The molecule has 0 fully saturated rings. The van der Waals surface area contributed by atoms with Gasteiger partial charge in [-0.05, 0) is 11.6 Å². The van der Waals surface area contributed by atoms with E-state index in [1.54, 1.807) is 18.2 Å². The van der Waals surface area contributed by atoms with Crippen LogP contribution in [0.4, 0.5) is 0 Å². The lowest BCUT2D eigenvalue weighted by Gasteiger charge is -2.12. The maximum absolute atomic E-state index is 11.1. The molecule has 1 amide bonds. The molecule has 0 aliphatic rings. The Balaban J connectivity index is 0. The van der Waals surface area contributed by atoms with Crippen LogP contribution in [0.3, 0.4) is 0 Å². The Morgan fingerprint density at radius 3 is 2.26 bits per heavy atom. The Kier molecular flexibility index (Phi) is 14.8. The number of guanidine groups is 1. The van der Waals surface area contributed by atoms with Gasteiger partial charge < -0.3 is 15.5 Å². The van der Waals surface area contributed by atoms with Crippen molar-refractivity contribution in [1.82, 2.24) is 10.6 Å². The number of benzene rings is 1. The molecular weight excluding hydrogens is 341 g/mol. The Hall–Kier alpha value is -1.34. The van der Waals surface area contributed by atoms with Gasteiger partial charge in [-0.3, -0.25) is 15.1 Å². The van der Waals surface area contributed by atoms with E-state index >= 15 is 0 Å². The minimum absolute atomic E-state index is 0.0918. The van der Waals surface area contributed by atoms with Gasteiger partial charge in [0, 0.05) is 13.6 Å². The summed E-state index contributed by atoms with van der Waals surface area (Å²) in [6, 6.07) is 5.16. The summed E-state index contributed by atoms with van der Waals surface area (Å²) in [4.78, 5) is 14.8. The number of hydrogen-bond acceptors (Lipinski definition) is 4. The van der Waals surface area contributed by atoms with Gasteiger partial charge in [0.2, 0.25) is 6.29 Å². The second-order valence-electron chi connectivity index (χ2n) is 3.50. The van der Waals surface area contributed by atoms with Crippen LogP contribution in [-0.2, 0) is 11.3 Å². The number of halogens is 2. The largest absolute Gasteiger partial charge is 0.361 e. The van der Waals surface area contributed by atoms with Crippen molar-refractivity contribution in [3.8, 4) is 0 Å². The van der Waals surface area contributed by atoms with Gasteiger partial charge in [0.25, 0.3) is 5.91 Å². The molecule has 0 aliphatic carbocycles. The first-order valence-corrected chi connectivity index (χ1v) is 8.02. The van der Waals surface area contributed by atoms with Crippen molar-refractivity contribution in [1.29, 1.82) is 0 Å². The summed E-state index contributed by atoms with van der Waals surface area (Å²) in [5.74, 6) is -0.889. The van der Waals surface area contributed by atoms with E-state index in [0.29, 0.717) is 15.6 Å². The zero-order valence-corrected chi connectivity index (χ0v) is 15.5. The van der Waals surface area contributed by atoms with Gasteiger partial charge in [-0.1, -0.05) is 63.0 Å². The van der Waals surface area contributed by atoms with Crippen LogP contribution in [0.5, 0.6) is 0 Å². The third kappa shape index (κ3) is 9.40. The van der Waals surface area contributed by atoms with Crippen LogP contribution in [0.1, 0.15) is 33.3 Å². The van der Waals surface area contributed by atoms with Crippen molar-refractivity contribution < 1.29 is 15.0 Å². The quantitative estimate of drug-likeness (QED) is 0.376. The summed E-state index contributed by atoms with van der Waals surface area (Å²) < 4.78 is 0. The standard InChI is InChI=1S/C11H13Cl2N3O3.2C2H6/c1-14-11(16-9(17)10(18)19)15-5-6-3-2-4-7(12)8(6)13;2*1-2/h2-4,10,18-19H,5H2,1H3,(H2,14,15,16,17);2*1-2H3. The lowest BCUT2D eigenvalue weighted by atomic mass is 10.2. The third-order valence-corrected chi connectivity index (χ3v) is 3.04. The number of aliphatic imine (C=N–C) groups is 1. The van der Waals surface area contributed by atoms with Gasteiger partial charge in [-0.15, -0.1) is 0 Å². The molecule has 0 heterocycles. The second kappa shape index (κ2) is 14.3. The van der Waals surface area contributed by atoms with E-state index < -0.39 is 12.2 Å². The average Bonchev–Trinajstić information content (AvgIpc) is 2.58. The van der Waals surface area contributed by atoms with Gasteiger partial charge >= 0.3 is 0 Å². The van der Waals surface area contributed by atoms with Crippen molar-refractivity contribution in [3.05, 3.63) is 33.8 Å². The molecule has 1 aromatic carbocycles. The smallest absolute Gasteiger partial charge is 0.283 e. The highest BCUT2D eigenvalue weighted by Crippen LogP contribution is 2.25. The van der Waals surface area contributed by atoms with Crippen LogP contribution in [0.25, 0.3) is 0 Å². The monoisotopic (exact) mass is 365 g/mol. The van der Waals surface area contributed by atoms with Gasteiger partial charge in [0.15, 0.2) is 5.96 Å². The van der Waals surface area contributed by atoms with Crippen LogP contribution in [0, 0.1) is 0 Å². The van der Waals surface area contributed by atoms with E-state index in [1.807, 2.05) is 27.7 Å². The molecular formula is C15H25Cl2N3O3. The van der Waals surface area contributed by atoms with Gasteiger partial charge in [-0.2, -0.15) is 0 Å². The maximum atomic E-state index is 11.1. The van der Waals surface area contributed by atoms with Crippen molar-refractivity contribution >= 4 is 35.1 Å². The van der Waals surface area contributed by atoms with E-state index in [-0.39, 0.29) is 12.5 Å². The third-order valence-electron chi connectivity index (χ3n) is 2.18. The number of aliphatic hydroxyl groups excluding tert-OH is 1. The molecule has 1 rings (SSSR count). The van der Waals surface area contributed by atoms with E-state index in [4.69, 9.17) is 33.4 Å². The normalized spacial score (nSPS) is 10.1. The summed E-state index contributed by atoms with van der Waals surface area (Å²) >= 11 is 11.9. The van der Waals surface area contributed by atoms with Gasteiger partial charge in [0.1, 0.15) is 0 Å². The first kappa shape index (κ1) is 23.9. The minimum Gasteiger partial charge on any atom is -0.361 e. The highest BCUT2D eigenvalue weighted by molar-refractivity contribution is 6.42. The number of carbonyl (C=O) groups excluding carboxylic acids is 1. The summed E-state index contributed by atoms with van der Waals surface area (Å²) in [7, 11) is 1.44. The van der Waals surface area contributed by atoms with Crippen molar-refractivity contribution in [2.75, 3.05) is 7.05 Å². The second-order valence-corrected chi connectivity index (χ2v) is 4.29. The minimum atomic E-state index is -2.10. The molecule has 6 nitrogen and oxygen atoms in total. The van der Waals surface area contributed by atoms with Crippen molar-refractivity contribution in [2.45, 2.75) is 40.5 Å². The van der Waals surface area contributed by atoms with Crippen LogP contribution < -0.4 is 10.6 Å². The molecule has 0 atom stereocenters. The maximum Gasteiger partial charge on any atom is 0.283 e. The molecule has 0 saturated heterocycles. The molecule has 0 aliphatic heterocycles. The SMILES string of the molecule is CC.CC.CN=C(NCc1cccc(Cl)c1Cl)NC(=O)C(O)O. The van der Waals surface area contributed by atoms with Gasteiger partial charge in [-0.25, -0.2) is 0 Å².